The second kappa shape index (κ2) is 8.04. The molecular weight excluding hydrogens is 356 g/mol. The number of aryl methyl sites for hydroxylation is 1. The standard InChI is InChI=1S/C26H26N2O/c1-4-18(3)20-14-16-22(17-15-20)28-25(21-12-10-19(5-2)11-13-21)27-24-9-7-6-8-23(24)26(28)29/h6-18H,4-5H2,1-3H3/t18-/m1/s1. The van der Waals surface area contributed by atoms with E-state index in [1.54, 1.807) is 4.57 Å². The zero-order chi connectivity index (χ0) is 20.4. The summed E-state index contributed by atoms with van der Waals surface area (Å²) in [6.07, 6.45) is 2.07. The van der Waals surface area contributed by atoms with Gasteiger partial charge >= 0.3 is 0 Å². The van der Waals surface area contributed by atoms with Crippen molar-refractivity contribution in [2.24, 2.45) is 0 Å². The molecule has 0 aliphatic heterocycles. The molecule has 4 aromatic rings. The van der Waals surface area contributed by atoms with Gasteiger partial charge in [-0.3, -0.25) is 9.36 Å². The van der Waals surface area contributed by atoms with Gasteiger partial charge in [-0.25, -0.2) is 4.98 Å². The molecule has 0 saturated heterocycles. The molecule has 1 heterocycles. The molecule has 29 heavy (non-hydrogen) atoms. The minimum absolute atomic E-state index is 0.0403. The monoisotopic (exact) mass is 382 g/mol. The number of aromatic nitrogens is 2. The van der Waals surface area contributed by atoms with Crippen LogP contribution in [0.25, 0.3) is 28.0 Å². The zero-order valence-corrected chi connectivity index (χ0v) is 17.2. The van der Waals surface area contributed by atoms with Gasteiger partial charge in [0.2, 0.25) is 0 Å². The van der Waals surface area contributed by atoms with Crippen molar-refractivity contribution in [3.8, 4) is 17.1 Å². The molecule has 0 spiro atoms. The van der Waals surface area contributed by atoms with E-state index in [1.165, 1.54) is 11.1 Å². The third kappa shape index (κ3) is 3.61. The van der Waals surface area contributed by atoms with Gasteiger partial charge in [0, 0.05) is 5.56 Å². The molecule has 0 N–H and O–H groups in total. The first-order valence-electron chi connectivity index (χ1n) is 10.3. The Kier molecular flexibility index (Phi) is 5.30. The molecule has 0 amide bonds. The molecule has 3 nitrogen and oxygen atoms in total. The van der Waals surface area contributed by atoms with Gasteiger partial charge in [0.1, 0.15) is 5.82 Å². The maximum atomic E-state index is 13.4. The molecule has 0 aliphatic rings. The van der Waals surface area contributed by atoms with Crippen LogP contribution in [0.1, 0.15) is 44.2 Å². The Morgan fingerprint density at radius 3 is 2.24 bits per heavy atom. The Morgan fingerprint density at radius 2 is 1.59 bits per heavy atom. The topological polar surface area (TPSA) is 34.9 Å². The number of hydrogen-bond donors (Lipinski definition) is 0. The summed E-state index contributed by atoms with van der Waals surface area (Å²) in [5, 5.41) is 0.632. The van der Waals surface area contributed by atoms with Crippen LogP contribution in [-0.2, 0) is 6.42 Å². The molecule has 146 valence electrons. The molecule has 0 radical (unpaired) electrons. The van der Waals surface area contributed by atoms with Gasteiger partial charge in [0.25, 0.3) is 5.56 Å². The lowest BCUT2D eigenvalue weighted by Gasteiger charge is -2.16. The van der Waals surface area contributed by atoms with E-state index in [4.69, 9.17) is 4.98 Å². The summed E-state index contributed by atoms with van der Waals surface area (Å²) in [6.45, 7) is 6.55. The SMILES string of the molecule is CCc1ccc(-c2nc3ccccc3c(=O)n2-c2ccc([C@H](C)CC)cc2)cc1. The molecule has 3 aromatic carbocycles. The summed E-state index contributed by atoms with van der Waals surface area (Å²) in [4.78, 5) is 18.3. The lowest BCUT2D eigenvalue weighted by Crippen LogP contribution is -2.22. The highest BCUT2D eigenvalue weighted by atomic mass is 16.1. The summed E-state index contributed by atoms with van der Waals surface area (Å²) in [5.74, 6) is 1.17. The smallest absolute Gasteiger partial charge is 0.266 e. The van der Waals surface area contributed by atoms with Crippen LogP contribution in [0.3, 0.4) is 0 Å². The van der Waals surface area contributed by atoms with Crippen molar-refractivity contribution in [1.29, 1.82) is 0 Å². The molecule has 0 aliphatic carbocycles. The van der Waals surface area contributed by atoms with Crippen LogP contribution >= 0.6 is 0 Å². The predicted molar refractivity (Wildman–Crippen MR) is 121 cm³/mol. The first-order chi connectivity index (χ1) is 14.1. The van der Waals surface area contributed by atoms with E-state index in [0.717, 1.165) is 29.6 Å². The maximum absolute atomic E-state index is 13.4. The van der Waals surface area contributed by atoms with Crippen LogP contribution < -0.4 is 5.56 Å². The van der Waals surface area contributed by atoms with Gasteiger partial charge in [0.15, 0.2) is 0 Å². The Bertz CT molecular complexity index is 1190. The van der Waals surface area contributed by atoms with Crippen molar-refractivity contribution in [3.05, 3.63) is 94.3 Å². The van der Waals surface area contributed by atoms with Crippen LogP contribution in [0.5, 0.6) is 0 Å². The van der Waals surface area contributed by atoms with Crippen LogP contribution in [-0.4, -0.2) is 9.55 Å². The summed E-state index contributed by atoms with van der Waals surface area (Å²) < 4.78 is 1.74. The highest BCUT2D eigenvalue weighted by Gasteiger charge is 2.15. The summed E-state index contributed by atoms with van der Waals surface area (Å²) >= 11 is 0. The molecule has 1 aromatic heterocycles. The number of hydrogen-bond acceptors (Lipinski definition) is 2. The number of benzene rings is 3. The van der Waals surface area contributed by atoms with Crippen LogP contribution in [0, 0.1) is 0 Å². The lowest BCUT2D eigenvalue weighted by molar-refractivity contribution is 0.733. The van der Waals surface area contributed by atoms with Crippen LogP contribution in [0.2, 0.25) is 0 Å². The molecule has 4 rings (SSSR count). The number of fused-ring (bicyclic) bond motifs is 1. The average molecular weight is 383 g/mol. The molecule has 0 bridgehead atoms. The van der Waals surface area contributed by atoms with Crippen molar-refractivity contribution in [3.63, 3.8) is 0 Å². The van der Waals surface area contributed by atoms with Crippen LogP contribution in [0.4, 0.5) is 0 Å². The largest absolute Gasteiger partial charge is 0.268 e. The summed E-state index contributed by atoms with van der Waals surface area (Å²) in [7, 11) is 0. The third-order valence-corrected chi connectivity index (χ3v) is 5.73. The van der Waals surface area contributed by atoms with Crippen molar-refractivity contribution in [1.82, 2.24) is 9.55 Å². The second-order valence-electron chi connectivity index (χ2n) is 7.54. The van der Waals surface area contributed by atoms with E-state index in [1.807, 2.05) is 36.4 Å². The highest BCUT2D eigenvalue weighted by Crippen LogP contribution is 2.25. The van der Waals surface area contributed by atoms with E-state index in [-0.39, 0.29) is 5.56 Å². The minimum Gasteiger partial charge on any atom is -0.268 e. The maximum Gasteiger partial charge on any atom is 0.266 e. The molecule has 1 atom stereocenters. The Morgan fingerprint density at radius 1 is 0.897 bits per heavy atom. The fourth-order valence-electron chi connectivity index (χ4n) is 3.64. The zero-order valence-electron chi connectivity index (χ0n) is 17.2. The molecule has 0 saturated carbocycles. The first kappa shape index (κ1) is 19.1. The predicted octanol–water partition coefficient (Wildman–Crippen LogP) is 6.13. The van der Waals surface area contributed by atoms with Gasteiger partial charge in [-0.15, -0.1) is 0 Å². The van der Waals surface area contributed by atoms with Crippen molar-refractivity contribution in [2.75, 3.05) is 0 Å². The van der Waals surface area contributed by atoms with Gasteiger partial charge < -0.3 is 0 Å². The average Bonchev–Trinajstić information content (AvgIpc) is 2.79. The Labute approximate surface area is 171 Å². The summed E-state index contributed by atoms with van der Waals surface area (Å²) in [5.41, 5.74) is 5.01. The molecule has 0 fully saturated rings. The van der Waals surface area contributed by atoms with E-state index >= 15 is 0 Å². The van der Waals surface area contributed by atoms with E-state index in [2.05, 4.69) is 57.2 Å². The number of rotatable bonds is 5. The van der Waals surface area contributed by atoms with Crippen molar-refractivity contribution < 1.29 is 0 Å². The van der Waals surface area contributed by atoms with Gasteiger partial charge in [0.05, 0.1) is 16.6 Å². The molecule has 0 unspecified atom stereocenters. The van der Waals surface area contributed by atoms with E-state index < -0.39 is 0 Å². The molecular formula is C26H26N2O. The quantitative estimate of drug-likeness (QED) is 0.416. The van der Waals surface area contributed by atoms with Crippen LogP contribution in [0.15, 0.2) is 77.6 Å². The van der Waals surface area contributed by atoms with E-state index in [9.17, 15) is 4.79 Å². The van der Waals surface area contributed by atoms with E-state index in [0.29, 0.717) is 17.1 Å². The van der Waals surface area contributed by atoms with Gasteiger partial charge in [-0.2, -0.15) is 0 Å². The highest BCUT2D eigenvalue weighted by molar-refractivity contribution is 5.80. The normalized spacial score (nSPS) is 12.2. The third-order valence-electron chi connectivity index (χ3n) is 5.73. The van der Waals surface area contributed by atoms with Gasteiger partial charge in [-0.05, 0) is 54.2 Å². The number of nitrogens with zero attached hydrogens (tertiary/aromatic N) is 2. The van der Waals surface area contributed by atoms with Crippen molar-refractivity contribution in [2.45, 2.75) is 39.5 Å². The molecule has 3 heteroatoms. The number of para-hydroxylation sites is 1. The lowest BCUT2D eigenvalue weighted by atomic mass is 9.98. The first-order valence-corrected chi connectivity index (χ1v) is 10.3. The second-order valence-corrected chi connectivity index (χ2v) is 7.54. The Hall–Kier alpha value is -3.20. The van der Waals surface area contributed by atoms with Gasteiger partial charge in [-0.1, -0.05) is 69.3 Å². The fourth-order valence-corrected chi connectivity index (χ4v) is 3.64. The fraction of sp³-hybridized carbons (Fsp3) is 0.231. The minimum atomic E-state index is -0.0403. The Balaban J connectivity index is 1.95. The van der Waals surface area contributed by atoms with Crippen molar-refractivity contribution >= 4 is 10.9 Å². The summed E-state index contributed by atoms with van der Waals surface area (Å²) in [6, 6.07) is 24.2.